The molecule has 0 aromatic heterocycles. The van der Waals surface area contributed by atoms with Crippen molar-refractivity contribution in [3.63, 3.8) is 0 Å². The Hall–Kier alpha value is -3.07. The molecule has 10 heteroatoms. The van der Waals surface area contributed by atoms with Gasteiger partial charge in [0.25, 0.3) is 0 Å². The fourth-order valence-corrected chi connectivity index (χ4v) is 3.65. The Morgan fingerprint density at radius 3 is 2.06 bits per heavy atom. The first kappa shape index (κ1) is 52.3. The molecule has 0 spiro atoms. The molecular weight excluding hydrogens is 1310 g/mol. The fraction of sp³-hybridized carbons (Fsp3) is 0.122. The van der Waals surface area contributed by atoms with Crippen LogP contribution in [0.2, 0.25) is 0 Å². The number of fused-ring (bicyclic) bond motifs is 1. The Kier molecular flexibility index (Phi) is 33.6. The van der Waals surface area contributed by atoms with E-state index in [0.717, 1.165) is 40.5 Å². The number of nitrogens with zero attached hydrogens (tertiary/aromatic N) is 2. The number of ether oxygens (including phenoxy) is 2. The topological polar surface area (TPSA) is 117 Å². The van der Waals surface area contributed by atoms with E-state index in [1.54, 1.807) is 36.6 Å². The number of benzene rings is 4. The summed E-state index contributed by atoms with van der Waals surface area (Å²) in [4.78, 5) is 29.9. The minimum Gasteiger partial charge on any atom is -0.496 e. The van der Waals surface area contributed by atoms with E-state index in [4.69, 9.17) is 14.3 Å². The number of nitriles is 2. The molecule has 0 aliphatic heterocycles. The van der Waals surface area contributed by atoms with Crippen molar-refractivity contribution in [3.05, 3.63) is 158 Å². The summed E-state index contributed by atoms with van der Waals surface area (Å²) in [5.41, 5.74) is 3.36. The van der Waals surface area contributed by atoms with Gasteiger partial charge in [-0.25, -0.2) is 17.4 Å². The molecule has 250 valence electrons. The van der Waals surface area contributed by atoms with Crippen LogP contribution in [0.25, 0.3) is 10.8 Å². The molecule has 0 aliphatic rings. The summed E-state index contributed by atoms with van der Waals surface area (Å²) < 4.78 is 10.2. The van der Waals surface area contributed by atoms with Crippen molar-refractivity contribution in [1.29, 1.82) is 10.5 Å². The Bertz CT molecular complexity index is 1810. The molecule has 0 N–H and O–H groups in total. The maximum Gasteiger partial charge on any atom is 2.00 e. The number of carbonyl (C=O) groups is 1. The third-order valence-electron chi connectivity index (χ3n) is 5.83. The Balaban J connectivity index is -0.000000753. The number of esters is 1. The van der Waals surface area contributed by atoms with E-state index in [9.17, 15) is 20.1 Å². The van der Waals surface area contributed by atoms with Gasteiger partial charge < -0.3 is 46.3 Å². The van der Waals surface area contributed by atoms with Gasteiger partial charge in [0.15, 0.2) is 0 Å². The first-order valence-electron chi connectivity index (χ1n) is 14.5. The summed E-state index contributed by atoms with van der Waals surface area (Å²) in [5, 5.41) is 20.9. The summed E-state index contributed by atoms with van der Waals surface area (Å²) in [6.45, 7) is 17.6. The van der Waals surface area contributed by atoms with Crippen LogP contribution in [0.3, 0.4) is 0 Å². The van der Waals surface area contributed by atoms with Gasteiger partial charge in [0.2, 0.25) is 0 Å². The number of hydrogen-bond donors (Lipinski definition) is 0. The van der Waals surface area contributed by atoms with E-state index < -0.39 is 5.97 Å². The van der Waals surface area contributed by atoms with Crippen LogP contribution in [0.15, 0.2) is 98.1 Å². The Morgan fingerprint density at radius 1 is 0.863 bits per heavy atom. The predicted molar refractivity (Wildman–Crippen MR) is 187 cm³/mol. The molecule has 4 aromatic rings. The monoisotopic (exact) mass is 1350 g/mol. The molecule has 0 heterocycles. The molecule has 0 bridgehead atoms. The van der Waals surface area contributed by atoms with Gasteiger partial charge in [-0.15, -0.1) is 16.8 Å². The molecule has 7 nitrogen and oxygen atoms in total. The summed E-state index contributed by atoms with van der Waals surface area (Å²) >= 11 is 0. The average molecular weight is 1350 g/mol. The summed E-state index contributed by atoms with van der Waals surface area (Å²) in [7, 11) is 0. The van der Waals surface area contributed by atoms with Gasteiger partial charge in [-0.2, -0.15) is 58.9 Å². The van der Waals surface area contributed by atoms with Crippen LogP contribution in [0.5, 0.6) is 5.75 Å². The second-order valence-corrected chi connectivity index (χ2v) is 9.11. The van der Waals surface area contributed by atoms with E-state index in [-0.39, 0.29) is 93.3 Å². The van der Waals surface area contributed by atoms with Crippen molar-refractivity contribution in [1.82, 2.24) is 0 Å². The molecular formula is C41H34N2O5U3. The third-order valence-corrected chi connectivity index (χ3v) is 5.83. The third kappa shape index (κ3) is 20.5. The van der Waals surface area contributed by atoms with Crippen LogP contribution in [-0.2, 0) is 25.5 Å². The first-order valence-corrected chi connectivity index (χ1v) is 14.5. The van der Waals surface area contributed by atoms with Gasteiger partial charge >= 0.3 is 99.3 Å². The van der Waals surface area contributed by atoms with Gasteiger partial charge in [-0.3, -0.25) is 0 Å². The molecule has 0 aliphatic carbocycles. The molecule has 0 saturated carbocycles. The van der Waals surface area contributed by atoms with Gasteiger partial charge in [0.05, 0.1) is 36.4 Å². The molecule has 0 amide bonds. The van der Waals surface area contributed by atoms with Crippen LogP contribution < -0.4 is 4.74 Å². The largest absolute Gasteiger partial charge is 2.00 e. The van der Waals surface area contributed by atoms with Crippen molar-refractivity contribution in [3.8, 4) is 29.7 Å². The van der Waals surface area contributed by atoms with Crippen molar-refractivity contribution in [2.24, 2.45) is 0 Å². The Morgan fingerprint density at radius 2 is 1.51 bits per heavy atom. The number of rotatable bonds is 9. The average Bonchev–Trinajstić information content (AvgIpc) is 3.14. The SMILES string of the molecule is C=CC(=O)OCCCOc1ccc([C-]=O)cc1.C=C[C-]=O.[CH2-]C[CH2-].[CH2-]Cc1ccc(C#Cc2ccc3c[c-]ccc3c2)c(C#N)c1C#N.[U+2].[U+2].[U+2]. The van der Waals surface area contributed by atoms with Crippen molar-refractivity contribution >= 4 is 29.3 Å². The van der Waals surface area contributed by atoms with E-state index >= 15 is 0 Å². The maximum atomic E-state index is 10.7. The smallest absolute Gasteiger partial charge is 0.496 e. The minimum absolute atomic E-state index is 0. The summed E-state index contributed by atoms with van der Waals surface area (Å²) in [6.07, 6.45) is 7.23. The molecule has 0 atom stereocenters. The van der Waals surface area contributed by atoms with Crippen LogP contribution in [0.4, 0.5) is 0 Å². The minimum atomic E-state index is -0.434. The van der Waals surface area contributed by atoms with Gasteiger partial charge in [-0.05, 0) is 12.4 Å². The van der Waals surface area contributed by atoms with Gasteiger partial charge in [-0.1, -0.05) is 54.3 Å². The van der Waals surface area contributed by atoms with Crippen molar-refractivity contribution in [2.75, 3.05) is 13.2 Å². The van der Waals surface area contributed by atoms with E-state index in [2.05, 4.69) is 64.0 Å². The van der Waals surface area contributed by atoms with Gasteiger partial charge in [0.1, 0.15) is 12.1 Å². The first-order chi connectivity index (χ1) is 23.3. The molecule has 4 aromatic carbocycles. The zero-order chi connectivity index (χ0) is 35.6. The van der Waals surface area contributed by atoms with Crippen LogP contribution in [0, 0.1) is 155 Å². The summed E-state index contributed by atoms with van der Waals surface area (Å²) in [6, 6.07) is 29.2. The zero-order valence-electron chi connectivity index (χ0n) is 28.1. The van der Waals surface area contributed by atoms with Crippen molar-refractivity contribution in [2.45, 2.75) is 19.3 Å². The molecule has 0 radical (unpaired) electrons. The van der Waals surface area contributed by atoms with Crippen molar-refractivity contribution < 1.29 is 117 Å². The number of carbonyl (C=O) groups excluding carboxylic acids is 3. The zero-order valence-corrected chi connectivity index (χ0v) is 40.6. The second kappa shape index (κ2) is 32.8. The van der Waals surface area contributed by atoms with Crippen LogP contribution in [0.1, 0.15) is 46.2 Å². The molecule has 0 fully saturated rings. The Labute approximate surface area is 373 Å². The van der Waals surface area contributed by atoms with E-state index in [1.165, 1.54) is 6.29 Å². The maximum absolute atomic E-state index is 10.7. The van der Waals surface area contributed by atoms with E-state index in [1.807, 2.05) is 42.5 Å². The standard InChI is InChI=1S/C22H12N2.C13H13O4.C3H3O.C3H6.3U/c1-2-17-11-12-19(22(15-24)21(17)14-23)10-8-16-7-9-18-5-3-4-6-20(18)13-16;1-2-13(15)17-9-3-8-16-12-6-4-11(10-14)5-7-12;1-2-3-4;1-3-2;;;/h4-7,9,11-13H,1-2H2;2,4-7H,1,3,8-9H2;2H,1H2;1-3H2;;;/q-2;2*-1;-2;3*+2. The molecule has 0 saturated heterocycles. The molecule has 51 heavy (non-hydrogen) atoms. The molecule has 4 rings (SSSR count). The number of hydrogen-bond acceptors (Lipinski definition) is 7. The van der Waals surface area contributed by atoms with E-state index in [0.29, 0.717) is 54.1 Å². The summed E-state index contributed by atoms with van der Waals surface area (Å²) in [5.74, 6) is 6.33. The fourth-order valence-electron chi connectivity index (χ4n) is 3.65. The predicted octanol–water partition coefficient (Wildman–Crippen LogP) is 7.13. The van der Waals surface area contributed by atoms with Crippen LogP contribution >= 0.6 is 0 Å². The number of allylic oxidation sites excluding steroid dienone is 1. The quantitative estimate of drug-likeness (QED) is 0.0576. The normalized spacial score (nSPS) is 8.41. The molecule has 0 unspecified atom stereocenters. The van der Waals surface area contributed by atoms with Crippen LogP contribution in [-0.4, -0.2) is 31.8 Å². The van der Waals surface area contributed by atoms with Gasteiger partial charge in [0, 0.05) is 23.6 Å². The second-order valence-electron chi connectivity index (χ2n) is 9.11.